The van der Waals surface area contributed by atoms with Crippen molar-refractivity contribution in [1.82, 2.24) is 5.32 Å². The summed E-state index contributed by atoms with van der Waals surface area (Å²) in [5, 5.41) is 35.5. The third-order valence-electron chi connectivity index (χ3n) is 9.37. The number of aliphatic hydroxyl groups is 2. The average molecular weight is 463 g/mol. The quantitative estimate of drug-likeness (QED) is 0.449. The summed E-state index contributed by atoms with van der Waals surface area (Å²) < 4.78 is 0. The van der Waals surface area contributed by atoms with Crippen molar-refractivity contribution in [2.24, 2.45) is 33.7 Å². The van der Waals surface area contributed by atoms with Gasteiger partial charge in [-0.2, -0.15) is 0 Å². The topological polar surface area (TPSA) is 128 Å². The van der Waals surface area contributed by atoms with Crippen LogP contribution in [0.5, 0.6) is 0 Å². The number of aliphatic carboxylic acids is 1. The lowest BCUT2D eigenvalue weighted by Gasteiger charge is -2.57. The number of carbonyl (C=O) groups excluding carboxylic acids is 1. The van der Waals surface area contributed by atoms with Crippen molar-refractivity contribution in [3.63, 3.8) is 0 Å². The number of carbonyl (C=O) groups is 2. The summed E-state index contributed by atoms with van der Waals surface area (Å²) in [6, 6.07) is -1.38. The summed E-state index contributed by atoms with van der Waals surface area (Å²) in [4.78, 5) is 28.3. The fourth-order valence-electron chi connectivity index (χ4n) is 7.39. The average Bonchev–Trinajstić information content (AvgIpc) is 3.06. The Morgan fingerprint density at radius 2 is 1.94 bits per heavy atom. The van der Waals surface area contributed by atoms with Crippen LogP contribution in [0.3, 0.4) is 0 Å². The van der Waals surface area contributed by atoms with Crippen LogP contribution in [0.2, 0.25) is 0 Å². The van der Waals surface area contributed by atoms with E-state index in [0.717, 1.165) is 50.7 Å². The van der Waals surface area contributed by atoms with Gasteiger partial charge < -0.3 is 25.5 Å². The molecule has 4 aliphatic carbocycles. The first-order chi connectivity index (χ1) is 15.6. The van der Waals surface area contributed by atoms with Crippen molar-refractivity contribution in [1.29, 1.82) is 0 Å². The molecular weight excluding hydrogens is 424 g/mol. The van der Waals surface area contributed by atoms with Gasteiger partial charge in [-0.3, -0.25) is 4.79 Å². The Morgan fingerprint density at radius 1 is 1.18 bits per heavy atom. The summed E-state index contributed by atoms with van der Waals surface area (Å²) in [7, 11) is 0. The zero-order chi connectivity index (χ0) is 24.0. The van der Waals surface area contributed by atoms with Gasteiger partial charge in [-0.15, -0.1) is 0 Å². The van der Waals surface area contributed by atoms with Crippen LogP contribution in [0.4, 0.5) is 0 Å². The number of aliphatic hydroxyl groups excluding tert-OH is 2. The minimum atomic E-state index is -1.38. The van der Waals surface area contributed by atoms with E-state index in [0.29, 0.717) is 17.8 Å². The molecule has 0 spiro atoms. The lowest BCUT2D eigenvalue weighted by Crippen LogP contribution is -2.51. The number of carboxylic acid groups (broad SMARTS) is 1. The first-order valence-electron chi connectivity index (χ1n) is 12.3. The third kappa shape index (κ3) is 4.32. The lowest BCUT2D eigenvalue weighted by atomic mass is 9.47. The van der Waals surface area contributed by atoms with Crippen molar-refractivity contribution in [2.75, 3.05) is 6.61 Å². The largest absolute Gasteiger partial charge is 0.480 e. The van der Waals surface area contributed by atoms with Crippen molar-refractivity contribution >= 4 is 17.6 Å². The Balaban J connectivity index is 1.39. The smallest absolute Gasteiger partial charge is 0.328 e. The van der Waals surface area contributed by atoms with E-state index >= 15 is 0 Å². The molecule has 4 rings (SSSR count). The summed E-state index contributed by atoms with van der Waals surface area (Å²) in [6.07, 6.45) is 9.11. The fourth-order valence-corrected chi connectivity index (χ4v) is 7.39. The van der Waals surface area contributed by atoms with E-state index in [1.165, 1.54) is 18.9 Å². The van der Waals surface area contributed by atoms with Crippen molar-refractivity contribution < 1.29 is 29.7 Å². The zero-order valence-electron chi connectivity index (χ0n) is 19.9. The summed E-state index contributed by atoms with van der Waals surface area (Å²) in [5.41, 5.74) is 2.47. The number of amides is 1. The molecule has 0 bridgehead atoms. The van der Waals surface area contributed by atoms with Gasteiger partial charge in [0.05, 0.1) is 17.9 Å². The first kappa shape index (κ1) is 24.2. The van der Waals surface area contributed by atoms with Gasteiger partial charge in [-0.1, -0.05) is 24.6 Å². The molecule has 4 N–H and O–H groups in total. The normalized spacial score (nSPS) is 40.6. The molecule has 0 aliphatic heterocycles. The van der Waals surface area contributed by atoms with E-state index in [1.807, 2.05) is 0 Å². The standard InChI is InChI=1S/C25H38N2O6/c1-14(28)22(23(31)32)26-21(30)13-33-27-16-8-10-24(2)15(12-16)4-5-17-18-6-7-20(29)25(18,3)11-9-19(17)24/h12,14,17-20,22,28-29H,4-11,13H2,1-3H3,(H,26,30)(H,31,32)/t14-,17+,18-,19+,20+,22-,24-,25-/m0/s1. The van der Waals surface area contributed by atoms with Gasteiger partial charge in [0.2, 0.25) is 0 Å². The van der Waals surface area contributed by atoms with E-state index in [-0.39, 0.29) is 16.9 Å². The minimum Gasteiger partial charge on any atom is -0.480 e. The Kier molecular flexibility index (Phi) is 6.62. The molecule has 184 valence electrons. The lowest BCUT2D eigenvalue weighted by molar-refractivity contribution is -0.145. The predicted molar refractivity (Wildman–Crippen MR) is 122 cm³/mol. The van der Waals surface area contributed by atoms with Gasteiger partial charge in [0.25, 0.3) is 5.91 Å². The molecule has 0 aromatic carbocycles. The SMILES string of the molecule is C[C@H](O)[C@H](NC(=O)CON=C1C=C2CC[C@H]3[C@@H](CC[C@]4(C)[C@H](O)CC[C@@H]34)[C@@]2(C)CC1)C(=O)O. The molecule has 3 fully saturated rings. The molecule has 1 amide bonds. The van der Waals surface area contributed by atoms with Crippen LogP contribution in [-0.4, -0.2) is 57.8 Å². The monoisotopic (exact) mass is 462 g/mol. The van der Waals surface area contributed by atoms with E-state index in [4.69, 9.17) is 9.94 Å². The highest BCUT2D eigenvalue weighted by atomic mass is 16.6. The summed E-state index contributed by atoms with van der Waals surface area (Å²) >= 11 is 0. The van der Waals surface area contributed by atoms with Gasteiger partial charge in [-0.25, -0.2) is 4.79 Å². The summed E-state index contributed by atoms with van der Waals surface area (Å²) in [6.45, 7) is 5.62. The maximum absolute atomic E-state index is 12.0. The molecule has 0 aromatic heterocycles. The minimum absolute atomic E-state index is 0.0852. The van der Waals surface area contributed by atoms with E-state index < -0.39 is 30.6 Å². The molecule has 0 radical (unpaired) electrons. The van der Waals surface area contributed by atoms with Crippen molar-refractivity contribution in [3.05, 3.63) is 11.6 Å². The number of oxime groups is 1. The molecule has 0 saturated heterocycles. The molecule has 0 aromatic rings. The van der Waals surface area contributed by atoms with Crippen LogP contribution in [-0.2, 0) is 14.4 Å². The maximum Gasteiger partial charge on any atom is 0.328 e. The van der Waals surface area contributed by atoms with Crippen molar-refractivity contribution in [3.8, 4) is 0 Å². The molecule has 0 heterocycles. The zero-order valence-corrected chi connectivity index (χ0v) is 19.9. The van der Waals surface area contributed by atoms with Gasteiger partial charge in [-0.05, 0) is 93.0 Å². The predicted octanol–water partition coefficient (Wildman–Crippen LogP) is 2.63. The molecule has 8 atom stereocenters. The van der Waals surface area contributed by atoms with Crippen LogP contribution in [0.25, 0.3) is 0 Å². The maximum atomic E-state index is 12.0. The second-order valence-electron chi connectivity index (χ2n) is 11.1. The number of allylic oxidation sites excluding steroid dienone is 2. The molecule has 4 aliphatic rings. The molecule has 8 nitrogen and oxygen atoms in total. The number of nitrogens with zero attached hydrogens (tertiary/aromatic N) is 1. The Bertz CT molecular complexity index is 854. The fraction of sp³-hybridized carbons (Fsp3) is 0.800. The van der Waals surface area contributed by atoms with Crippen molar-refractivity contribution in [2.45, 2.75) is 90.4 Å². The van der Waals surface area contributed by atoms with Gasteiger partial charge in [0.1, 0.15) is 0 Å². The molecule has 3 saturated carbocycles. The van der Waals surface area contributed by atoms with Crippen LogP contribution in [0.15, 0.2) is 16.8 Å². The second kappa shape index (κ2) is 9.02. The Hall–Kier alpha value is -1.93. The van der Waals surface area contributed by atoms with Crippen LogP contribution < -0.4 is 5.32 Å². The molecular formula is C25H38N2O6. The van der Waals surface area contributed by atoms with E-state index in [9.17, 15) is 19.8 Å². The highest BCUT2D eigenvalue weighted by molar-refractivity contribution is 5.96. The van der Waals surface area contributed by atoms with Gasteiger partial charge in [0, 0.05) is 0 Å². The Labute approximate surface area is 195 Å². The highest BCUT2D eigenvalue weighted by Crippen LogP contribution is 2.65. The molecule has 33 heavy (non-hydrogen) atoms. The molecule has 8 heteroatoms. The van der Waals surface area contributed by atoms with E-state index in [1.54, 1.807) is 0 Å². The van der Waals surface area contributed by atoms with Crippen LogP contribution in [0.1, 0.15) is 72.1 Å². The first-order valence-corrected chi connectivity index (χ1v) is 12.3. The number of carboxylic acids is 1. The number of rotatable bonds is 6. The number of nitrogens with one attached hydrogen (secondary N) is 1. The highest BCUT2D eigenvalue weighted by Gasteiger charge is 2.58. The number of fused-ring (bicyclic) bond motifs is 5. The third-order valence-corrected chi connectivity index (χ3v) is 9.37. The van der Waals surface area contributed by atoms with Crippen LogP contribution >= 0.6 is 0 Å². The Morgan fingerprint density at radius 3 is 2.64 bits per heavy atom. The number of hydrogen-bond acceptors (Lipinski definition) is 6. The number of hydrogen-bond donors (Lipinski definition) is 4. The second-order valence-corrected chi connectivity index (χ2v) is 11.1. The summed E-state index contributed by atoms with van der Waals surface area (Å²) in [5.74, 6) is 0.00935. The van der Waals surface area contributed by atoms with Gasteiger partial charge in [0.15, 0.2) is 12.6 Å². The van der Waals surface area contributed by atoms with E-state index in [2.05, 4.69) is 30.4 Å². The van der Waals surface area contributed by atoms with Crippen LogP contribution in [0, 0.1) is 28.6 Å². The van der Waals surface area contributed by atoms with Gasteiger partial charge >= 0.3 is 5.97 Å². The molecule has 0 unspecified atom stereocenters.